The highest BCUT2D eigenvalue weighted by Gasteiger charge is 2.41. The molecule has 0 heterocycles. The highest BCUT2D eigenvalue weighted by molar-refractivity contribution is 7.87. The summed E-state index contributed by atoms with van der Waals surface area (Å²) in [5, 5.41) is 0. The summed E-state index contributed by atoms with van der Waals surface area (Å²) in [7, 11) is -4.25. The van der Waals surface area contributed by atoms with E-state index in [0.29, 0.717) is 5.56 Å². The summed E-state index contributed by atoms with van der Waals surface area (Å²) in [5.74, 6) is -4.53. The van der Waals surface area contributed by atoms with Gasteiger partial charge in [0.1, 0.15) is 16.4 Å². The van der Waals surface area contributed by atoms with E-state index in [4.69, 9.17) is 8.92 Å². The zero-order chi connectivity index (χ0) is 19.5. The fourth-order valence-corrected chi connectivity index (χ4v) is 2.84. The Morgan fingerprint density at radius 3 is 2.23 bits per heavy atom. The quantitative estimate of drug-likeness (QED) is 0.519. The Kier molecular flexibility index (Phi) is 5.80. The Labute approximate surface area is 148 Å². The van der Waals surface area contributed by atoms with E-state index < -0.39 is 29.1 Å². The van der Waals surface area contributed by atoms with Gasteiger partial charge in [-0.15, -0.1) is 0 Å². The molecule has 0 fully saturated rings. The first-order chi connectivity index (χ1) is 12.0. The molecule has 26 heavy (non-hydrogen) atoms. The third-order valence-electron chi connectivity index (χ3n) is 3.41. The summed E-state index contributed by atoms with van der Waals surface area (Å²) >= 11 is 0. The van der Waals surface area contributed by atoms with E-state index in [9.17, 15) is 26.0 Å². The minimum atomic E-state index is -4.35. The molecule has 0 atom stereocenters. The number of rotatable bonds is 7. The molecule has 0 aliphatic rings. The van der Waals surface area contributed by atoms with Crippen LogP contribution in [0.15, 0.2) is 47.4 Å². The molecule has 2 aromatic carbocycles. The van der Waals surface area contributed by atoms with Gasteiger partial charge in [0.2, 0.25) is 0 Å². The molecule has 4 nitrogen and oxygen atoms in total. The largest absolute Gasteiger partial charge is 0.487 e. The van der Waals surface area contributed by atoms with Crippen LogP contribution in [-0.2, 0) is 10.1 Å². The highest BCUT2D eigenvalue weighted by atomic mass is 32.2. The van der Waals surface area contributed by atoms with Crippen molar-refractivity contribution in [2.45, 2.75) is 31.1 Å². The number of hydrogen-bond donors (Lipinski definition) is 0. The van der Waals surface area contributed by atoms with Gasteiger partial charge in [-0.25, -0.2) is 8.78 Å². The van der Waals surface area contributed by atoms with Crippen LogP contribution in [0.5, 0.6) is 11.5 Å². The van der Waals surface area contributed by atoms with Crippen LogP contribution in [0.25, 0.3) is 0 Å². The molecule has 0 N–H and O–H groups in total. The van der Waals surface area contributed by atoms with Gasteiger partial charge in [0, 0.05) is 6.07 Å². The van der Waals surface area contributed by atoms with Gasteiger partial charge in [-0.3, -0.25) is 0 Å². The van der Waals surface area contributed by atoms with Crippen molar-refractivity contribution in [2.75, 3.05) is 6.61 Å². The first-order valence-electron chi connectivity index (χ1n) is 7.42. The zero-order valence-electron chi connectivity index (χ0n) is 13.9. The molecule has 142 valence electrons. The van der Waals surface area contributed by atoms with Crippen molar-refractivity contribution in [1.82, 2.24) is 0 Å². The van der Waals surface area contributed by atoms with Crippen molar-refractivity contribution >= 4 is 10.1 Å². The van der Waals surface area contributed by atoms with E-state index >= 15 is 0 Å². The summed E-state index contributed by atoms with van der Waals surface area (Å²) < 4.78 is 84.7. The second-order valence-electron chi connectivity index (χ2n) is 5.63. The van der Waals surface area contributed by atoms with Crippen LogP contribution in [0.4, 0.5) is 17.6 Å². The number of hydrogen-bond acceptors (Lipinski definition) is 4. The summed E-state index contributed by atoms with van der Waals surface area (Å²) in [5.41, 5.74) is 1.21. The smallest absolute Gasteiger partial charge is 0.340 e. The van der Waals surface area contributed by atoms with E-state index in [1.807, 2.05) is 6.92 Å². The second kappa shape index (κ2) is 7.53. The van der Waals surface area contributed by atoms with Gasteiger partial charge in [-0.1, -0.05) is 23.8 Å². The van der Waals surface area contributed by atoms with Crippen molar-refractivity contribution in [3.63, 3.8) is 0 Å². The third kappa shape index (κ3) is 4.87. The summed E-state index contributed by atoms with van der Waals surface area (Å²) in [4.78, 5) is -0.348. The average Bonchev–Trinajstić information content (AvgIpc) is 2.55. The Morgan fingerprint density at radius 1 is 1.04 bits per heavy atom. The first-order valence-corrected chi connectivity index (χ1v) is 8.83. The SMILES string of the molecule is Cc1ccc(OS(=O)(=O)c2ccc(C)c(OCC(F)(F)C(F)F)c2)cc1. The number of halogens is 4. The predicted octanol–water partition coefficient (Wildman–Crippen LogP) is 4.35. The fourth-order valence-electron chi connectivity index (χ4n) is 1.90. The van der Waals surface area contributed by atoms with Crippen LogP contribution in [-0.4, -0.2) is 27.4 Å². The normalized spacial score (nSPS) is 12.3. The van der Waals surface area contributed by atoms with Crippen LogP contribution in [0.3, 0.4) is 0 Å². The Hall–Kier alpha value is -2.29. The lowest BCUT2D eigenvalue weighted by molar-refractivity contribution is -0.148. The van der Waals surface area contributed by atoms with Gasteiger partial charge in [0.15, 0.2) is 6.61 Å². The fraction of sp³-hybridized carbons (Fsp3) is 0.294. The molecule has 2 aromatic rings. The molecule has 0 unspecified atom stereocenters. The highest BCUT2D eigenvalue weighted by Crippen LogP contribution is 2.28. The molecule has 9 heteroatoms. The lowest BCUT2D eigenvalue weighted by Crippen LogP contribution is -2.33. The molecule has 0 bridgehead atoms. The minimum absolute atomic E-state index is 0.0721. The van der Waals surface area contributed by atoms with Gasteiger partial charge >= 0.3 is 22.5 Å². The lowest BCUT2D eigenvalue weighted by Gasteiger charge is -2.17. The van der Waals surface area contributed by atoms with Crippen LogP contribution >= 0.6 is 0 Å². The second-order valence-corrected chi connectivity index (χ2v) is 7.17. The predicted molar refractivity (Wildman–Crippen MR) is 86.6 cm³/mol. The van der Waals surface area contributed by atoms with Crippen molar-refractivity contribution in [3.05, 3.63) is 53.6 Å². The van der Waals surface area contributed by atoms with Gasteiger partial charge in [-0.2, -0.15) is 17.2 Å². The molecule has 0 spiro atoms. The molecule has 0 saturated heterocycles. The van der Waals surface area contributed by atoms with Crippen LogP contribution in [0.2, 0.25) is 0 Å². The number of ether oxygens (including phenoxy) is 1. The van der Waals surface area contributed by atoms with Crippen molar-refractivity contribution < 1.29 is 34.9 Å². The molecule has 0 aliphatic heterocycles. The monoisotopic (exact) mass is 392 g/mol. The molecular formula is C17H16F4O4S. The Morgan fingerprint density at radius 2 is 1.65 bits per heavy atom. The zero-order valence-corrected chi connectivity index (χ0v) is 14.7. The first kappa shape index (κ1) is 20.0. The van der Waals surface area contributed by atoms with E-state index in [0.717, 1.165) is 11.6 Å². The summed E-state index contributed by atoms with van der Waals surface area (Å²) in [6.07, 6.45) is -3.89. The summed E-state index contributed by atoms with van der Waals surface area (Å²) in [6.45, 7) is 1.71. The van der Waals surface area contributed by atoms with Gasteiger partial charge in [0.05, 0.1) is 0 Å². The van der Waals surface area contributed by atoms with Crippen molar-refractivity contribution in [3.8, 4) is 11.5 Å². The van der Waals surface area contributed by atoms with Gasteiger partial charge in [-0.05, 0) is 37.6 Å². The molecular weight excluding hydrogens is 376 g/mol. The number of benzene rings is 2. The molecule has 0 aliphatic carbocycles. The van der Waals surface area contributed by atoms with Gasteiger partial charge in [0.25, 0.3) is 0 Å². The van der Waals surface area contributed by atoms with Gasteiger partial charge < -0.3 is 8.92 Å². The maximum atomic E-state index is 13.0. The Balaban J connectivity index is 2.23. The Bertz CT molecular complexity index is 865. The van der Waals surface area contributed by atoms with E-state index in [1.54, 1.807) is 12.1 Å². The number of alkyl halides is 4. The molecule has 0 saturated carbocycles. The summed E-state index contributed by atoms with van der Waals surface area (Å²) in [6, 6.07) is 9.70. The minimum Gasteiger partial charge on any atom is -0.487 e. The van der Waals surface area contributed by atoms with E-state index in [-0.39, 0.29) is 16.4 Å². The maximum absolute atomic E-state index is 13.0. The maximum Gasteiger partial charge on any atom is 0.340 e. The van der Waals surface area contributed by atoms with Crippen LogP contribution < -0.4 is 8.92 Å². The number of aryl methyl sites for hydroxylation is 2. The lowest BCUT2D eigenvalue weighted by atomic mass is 10.2. The third-order valence-corrected chi connectivity index (χ3v) is 4.66. The molecule has 0 aromatic heterocycles. The molecule has 0 radical (unpaired) electrons. The average molecular weight is 392 g/mol. The van der Waals surface area contributed by atoms with E-state index in [2.05, 4.69) is 0 Å². The van der Waals surface area contributed by atoms with Crippen LogP contribution in [0.1, 0.15) is 11.1 Å². The van der Waals surface area contributed by atoms with E-state index in [1.165, 1.54) is 31.2 Å². The molecule has 2 rings (SSSR count). The molecule has 0 amide bonds. The standard InChI is InChI=1S/C17H16F4O4S/c1-11-3-6-13(7-4-11)25-26(22,23)14-8-5-12(2)15(9-14)24-10-17(20,21)16(18)19/h3-9,16H,10H2,1-2H3. The van der Waals surface area contributed by atoms with Crippen LogP contribution in [0, 0.1) is 13.8 Å². The van der Waals surface area contributed by atoms with Crippen molar-refractivity contribution in [1.29, 1.82) is 0 Å². The topological polar surface area (TPSA) is 52.6 Å². The van der Waals surface area contributed by atoms with Crippen molar-refractivity contribution in [2.24, 2.45) is 0 Å².